The van der Waals surface area contributed by atoms with Crippen LogP contribution in [0.4, 0.5) is 5.69 Å². The maximum absolute atomic E-state index is 12.8. The van der Waals surface area contributed by atoms with Gasteiger partial charge in [0.25, 0.3) is 11.6 Å². The molecule has 1 fully saturated rings. The number of likely N-dealkylation sites (tertiary alicyclic amines) is 1. The van der Waals surface area contributed by atoms with E-state index in [1.54, 1.807) is 9.80 Å². The first kappa shape index (κ1) is 21.3. The van der Waals surface area contributed by atoms with Gasteiger partial charge in [0.15, 0.2) is 0 Å². The first-order valence-electron chi connectivity index (χ1n) is 9.28. The third-order valence-electron chi connectivity index (χ3n) is 5.00. The summed E-state index contributed by atoms with van der Waals surface area (Å²) in [6.45, 7) is 5.93. The van der Waals surface area contributed by atoms with Crippen molar-refractivity contribution < 1.29 is 24.0 Å². The van der Waals surface area contributed by atoms with Crippen LogP contribution in [0, 0.1) is 16.0 Å². The number of rotatable bonds is 6. The van der Waals surface area contributed by atoms with E-state index in [2.05, 4.69) is 4.74 Å². The number of non-ortho nitro benzene ring substituents is 1. The fraction of sp³-hybridized carbons (Fsp3) is 0.526. The molecule has 0 radical (unpaired) electrons. The van der Waals surface area contributed by atoms with Gasteiger partial charge in [-0.05, 0) is 32.8 Å². The van der Waals surface area contributed by atoms with Gasteiger partial charge in [0.05, 0.1) is 17.6 Å². The molecule has 2 amide bonds. The number of carbonyl (C=O) groups excluding carboxylic acids is 3. The van der Waals surface area contributed by atoms with Gasteiger partial charge in [0.1, 0.15) is 0 Å². The van der Waals surface area contributed by atoms with Crippen LogP contribution in [0.15, 0.2) is 18.2 Å². The van der Waals surface area contributed by atoms with Gasteiger partial charge in [-0.25, -0.2) is 4.79 Å². The molecule has 9 heteroatoms. The van der Waals surface area contributed by atoms with E-state index in [-0.39, 0.29) is 28.6 Å². The van der Waals surface area contributed by atoms with Crippen LogP contribution in [-0.4, -0.2) is 65.8 Å². The van der Waals surface area contributed by atoms with Crippen LogP contribution >= 0.6 is 0 Å². The van der Waals surface area contributed by atoms with Crippen molar-refractivity contribution in [2.45, 2.75) is 26.7 Å². The minimum Gasteiger partial charge on any atom is -0.465 e. The SMILES string of the molecule is CCN(CC)C(=O)C1CCN(C(=O)c2cc(C(=O)OC)cc([N+](=O)[O-])c2)CC1. The second kappa shape index (κ2) is 9.29. The highest BCUT2D eigenvalue weighted by Crippen LogP contribution is 2.24. The van der Waals surface area contributed by atoms with Crippen LogP contribution in [0.5, 0.6) is 0 Å². The van der Waals surface area contributed by atoms with Gasteiger partial charge in [0.2, 0.25) is 5.91 Å². The van der Waals surface area contributed by atoms with E-state index < -0.39 is 16.8 Å². The maximum Gasteiger partial charge on any atom is 0.338 e. The van der Waals surface area contributed by atoms with Crippen LogP contribution in [0.2, 0.25) is 0 Å². The number of hydrogen-bond acceptors (Lipinski definition) is 6. The van der Waals surface area contributed by atoms with E-state index in [4.69, 9.17) is 0 Å². The Kier molecular flexibility index (Phi) is 7.08. The number of hydrogen-bond donors (Lipinski definition) is 0. The first-order chi connectivity index (χ1) is 13.3. The highest BCUT2D eigenvalue weighted by atomic mass is 16.6. The van der Waals surface area contributed by atoms with E-state index in [1.807, 2.05) is 13.8 Å². The van der Waals surface area contributed by atoms with Gasteiger partial charge in [-0.1, -0.05) is 0 Å². The van der Waals surface area contributed by atoms with Crippen LogP contribution < -0.4 is 0 Å². The largest absolute Gasteiger partial charge is 0.465 e. The van der Waals surface area contributed by atoms with E-state index in [0.717, 1.165) is 12.1 Å². The van der Waals surface area contributed by atoms with Gasteiger partial charge >= 0.3 is 5.97 Å². The zero-order valence-corrected chi connectivity index (χ0v) is 16.3. The fourth-order valence-electron chi connectivity index (χ4n) is 3.38. The zero-order chi connectivity index (χ0) is 20.8. The van der Waals surface area contributed by atoms with E-state index in [0.29, 0.717) is 39.0 Å². The number of nitro groups is 1. The number of nitrogens with zero attached hydrogens (tertiary/aromatic N) is 3. The molecule has 0 saturated carbocycles. The molecule has 9 nitrogen and oxygen atoms in total. The van der Waals surface area contributed by atoms with Crippen molar-refractivity contribution in [3.63, 3.8) is 0 Å². The summed E-state index contributed by atoms with van der Waals surface area (Å²) in [6.07, 6.45) is 1.08. The van der Waals surface area contributed by atoms with E-state index >= 15 is 0 Å². The predicted octanol–water partition coefficient (Wildman–Crippen LogP) is 2.10. The van der Waals surface area contributed by atoms with Crippen LogP contribution in [-0.2, 0) is 9.53 Å². The van der Waals surface area contributed by atoms with Crippen LogP contribution in [0.25, 0.3) is 0 Å². The number of methoxy groups -OCH3 is 1. The summed E-state index contributed by atoms with van der Waals surface area (Å²) in [7, 11) is 1.17. The predicted molar refractivity (Wildman–Crippen MR) is 101 cm³/mol. The molecule has 28 heavy (non-hydrogen) atoms. The quantitative estimate of drug-likeness (QED) is 0.417. The molecule has 0 spiro atoms. The molecule has 1 aliphatic rings. The fourth-order valence-corrected chi connectivity index (χ4v) is 3.38. The van der Waals surface area contributed by atoms with Gasteiger partial charge in [-0.3, -0.25) is 19.7 Å². The Morgan fingerprint density at radius 2 is 1.71 bits per heavy atom. The standard InChI is InChI=1S/C19H25N3O6/c1-4-20(5-2)17(23)13-6-8-21(9-7-13)18(24)14-10-15(19(25)28-3)12-16(11-14)22(26)27/h10-13H,4-9H2,1-3H3. The summed E-state index contributed by atoms with van der Waals surface area (Å²) in [6, 6.07) is 3.54. The Balaban J connectivity index is 2.15. The lowest BCUT2D eigenvalue weighted by atomic mass is 9.94. The average Bonchev–Trinajstić information content (AvgIpc) is 2.73. The minimum atomic E-state index is -0.749. The van der Waals surface area contributed by atoms with Crippen molar-refractivity contribution in [1.29, 1.82) is 0 Å². The summed E-state index contributed by atoms with van der Waals surface area (Å²) >= 11 is 0. The Bertz CT molecular complexity index is 767. The van der Waals surface area contributed by atoms with Crippen molar-refractivity contribution in [3.05, 3.63) is 39.4 Å². The minimum absolute atomic E-state index is 0.0494. The maximum atomic E-state index is 12.8. The van der Waals surface area contributed by atoms with E-state index in [1.165, 1.54) is 13.2 Å². The van der Waals surface area contributed by atoms with Crippen molar-refractivity contribution in [1.82, 2.24) is 9.80 Å². The molecule has 0 N–H and O–H groups in total. The topological polar surface area (TPSA) is 110 Å². The Morgan fingerprint density at radius 3 is 2.21 bits per heavy atom. The number of ether oxygens (including phenoxy) is 1. The van der Waals surface area contributed by atoms with Gasteiger partial charge in [-0.15, -0.1) is 0 Å². The third kappa shape index (κ3) is 4.65. The third-order valence-corrected chi connectivity index (χ3v) is 5.00. The number of benzene rings is 1. The van der Waals surface area contributed by atoms with Gasteiger partial charge in [-0.2, -0.15) is 0 Å². The summed E-state index contributed by atoms with van der Waals surface area (Å²) in [5.41, 5.74) is -0.340. The average molecular weight is 391 g/mol. The second-order valence-corrected chi connectivity index (χ2v) is 6.59. The van der Waals surface area contributed by atoms with Crippen molar-refractivity contribution in [3.8, 4) is 0 Å². The molecule has 1 aromatic rings. The van der Waals surface area contributed by atoms with Crippen molar-refractivity contribution in [2.75, 3.05) is 33.3 Å². The number of piperidine rings is 1. The van der Waals surface area contributed by atoms with E-state index in [9.17, 15) is 24.5 Å². The van der Waals surface area contributed by atoms with Crippen LogP contribution in [0.1, 0.15) is 47.4 Å². The number of amides is 2. The summed E-state index contributed by atoms with van der Waals surface area (Å²) in [5, 5.41) is 11.1. The molecule has 152 valence electrons. The number of nitro benzene ring substituents is 1. The molecule has 0 aromatic heterocycles. The molecule has 0 aliphatic carbocycles. The zero-order valence-electron chi connectivity index (χ0n) is 16.3. The molecule has 0 bridgehead atoms. The number of carbonyl (C=O) groups is 3. The Hall–Kier alpha value is -2.97. The first-order valence-corrected chi connectivity index (χ1v) is 9.28. The highest BCUT2D eigenvalue weighted by Gasteiger charge is 2.30. The summed E-state index contributed by atoms with van der Waals surface area (Å²) < 4.78 is 4.61. The van der Waals surface area contributed by atoms with Gasteiger partial charge in [0, 0.05) is 49.8 Å². The molecule has 2 rings (SSSR count). The van der Waals surface area contributed by atoms with Crippen LogP contribution in [0.3, 0.4) is 0 Å². The lowest BCUT2D eigenvalue weighted by Gasteiger charge is -2.33. The molecule has 1 heterocycles. The normalized spacial score (nSPS) is 14.5. The smallest absolute Gasteiger partial charge is 0.338 e. The molecule has 1 aromatic carbocycles. The summed E-state index contributed by atoms with van der Waals surface area (Å²) in [5.74, 6) is -1.18. The molecular weight excluding hydrogens is 366 g/mol. The Labute approximate surface area is 163 Å². The Morgan fingerprint density at radius 1 is 1.14 bits per heavy atom. The monoisotopic (exact) mass is 391 g/mol. The lowest BCUT2D eigenvalue weighted by molar-refractivity contribution is -0.384. The molecule has 1 aliphatic heterocycles. The van der Waals surface area contributed by atoms with Crippen molar-refractivity contribution in [2.24, 2.45) is 5.92 Å². The van der Waals surface area contributed by atoms with Crippen molar-refractivity contribution >= 4 is 23.5 Å². The highest BCUT2D eigenvalue weighted by molar-refractivity contribution is 5.99. The molecular formula is C19H25N3O6. The molecule has 0 atom stereocenters. The lowest BCUT2D eigenvalue weighted by Crippen LogP contribution is -2.44. The number of esters is 1. The summed E-state index contributed by atoms with van der Waals surface area (Å²) in [4.78, 5) is 50.9. The molecule has 0 unspecified atom stereocenters. The van der Waals surface area contributed by atoms with Gasteiger partial charge < -0.3 is 14.5 Å². The second-order valence-electron chi connectivity index (χ2n) is 6.59. The molecule has 1 saturated heterocycles.